The van der Waals surface area contributed by atoms with Gasteiger partial charge in [0.05, 0.1) is 6.26 Å². The third kappa shape index (κ3) is 1.57. The van der Waals surface area contributed by atoms with Crippen molar-refractivity contribution in [2.45, 2.75) is 0 Å². The van der Waals surface area contributed by atoms with Crippen LogP contribution in [0.5, 0.6) is 0 Å². The van der Waals surface area contributed by atoms with Gasteiger partial charge < -0.3 is 9.52 Å². The minimum atomic E-state index is -1.05. The molecule has 0 radical (unpaired) electrons. The zero-order valence-electron chi connectivity index (χ0n) is 9.46. The summed E-state index contributed by atoms with van der Waals surface area (Å²) in [7, 11) is 0. The van der Waals surface area contributed by atoms with Crippen molar-refractivity contribution in [1.82, 2.24) is 0 Å². The second-order valence-electron chi connectivity index (χ2n) is 4.01. The molecular weight excluding hydrogens is 228 g/mol. The van der Waals surface area contributed by atoms with Gasteiger partial charge in [-0.05, 0) is 11.1 Å². The molecule has 0 aliphatic carbocycles. The van der Waals surface area contributed by atoms with Gasteiger partial charge in [-0.15, -0.1) is 0 Å². The lowest BCUT2D eigenvalue weighted by Crippen LogP contribution is -1.94. The van der Waals surface area contributed by atoms with Gasteiger partial charge in [-0.1, -0.05) is 48.5 Å². The van der Waals surface area contributed by atoms with Crippen LogP contribution in [0.25, 0.3) is 21.9 Å². The Morgan fingerprint density at radius 2 is 1.78 bits per heavy atom. The first kappa shape index (κ1) is 10.6. The van der Waals surface area contributed by atoms with Crippen molar-refractivity contribution in [3.8, 4) is 11.1 Å². The molecule has 1 N–H and O–H groups in total. The summed E-state index contributed by atoms with van der Waals surface area (Å²) in [6.45, 7) is 0. The first-order valence-electron chi connectivity index (χ1n) is 5.56. The number of hydrogen-bond acceptors (Lipinski definition) is 2. The van der Waals surface area contributed by atoms with E-state index in [0.29, 0.717) is 5.39 Å². The number of benzene rings is 2. The third-order valence-electron chi connectivity index (χ3n) is 2.91. The van der Waals surface area contributed by atoms with Gasteiger partial charge in [0, 0.05) is 10.8 Å². The molecule has 0 saturated carbocycles. The van der Waals surface area contributed by atoms with Crippen LogP contribution in [0, 0.1) is 0 Å². The first-order valence-corrected chi connectivity index (χ1v) is 5.56. The van der Waals surface area contributed by atoms with Gasteiger partial charge >= 0.3 is 5.97 Å². The summed E-state index contributed by atoms with van der Waals surface area (Å²) >= 11 is 0. The molecule has 0 aliphatic heterocycles. The number of aromatic carboxylic acids is 1. The Kier molecular flexibility index (Phi) is 2.38. The lowest BCUT2D eigenvalue weighted by atomic mass is 9.99. The molecule has 0 unspecified atom stereocenters. The minimum absolute atomic E-state index is 0.00977. The molecule has 1 heterocycles. The van der Waals surface area contributed by atoms with Crippen molar-refractivity contribution in [3.63, 3.8) is 0 Å². The lowest BCUT2D eigenvalue weighted by Gasteiger charge is -2.03. The van der Waals surface area contributed by atoms with E-state index in [1.54, 1.807) is 0 Å². The highest BCUT2D eigenvalue weighted by atomic mass is 16.4. The molecule has 88 valence electrons. The monoisotopic (exact) mass is 238 g/mol. The van der Waals surface area contributed by atoms with Crippen LogP contribution in [0.2, 0.25) is 0 Å². The van der Waals surface area contributed by atoms with E-state index in [2.05, 4.69) is 0 Å². The molecule has 3 rings (SSSR count). The molecule has 0 aliphatic rings. The highest BCUT2D eigenvalue weighted by Gasteiger charge is 2.17. The molecule has 3 heteroatoms. The maximum atomic E-state index is 11.2. The summed E-state index contributed by atoms with van der Waals surface area (Å²) in [6, 6.07) is 15.3. The van der Waals surface area contributed by atoms with E-state index in [1.807, 2.05) is 48.5 Å². The van der Waals surface area contributed by atoms with Crippen molar-refractivity contribution < 1.29 is 14.3 Å². The topological polar surface area (TPSA) is 50.4 Å². The number of carboxylic acids is 1. The van der Waals surface area contributed by atoms with Crippen LogP contribution in [-0.4, -0.2) is 11.1 Å². The van der Waals surface area contributed by atoms with Gasteiger partial charge in [0.25, 0.3) is 0 Å². The van der Waals surface area contributed by atoms with E-state index in [1.165, 1.54) is 6.26 Å². The summed E-state index contributed by atoms with van der Waals surface area (Å²) < 4.78 is 5.14. The molecule has 0 bridgehead atoms. The van der Waals surface area contributed by atoms with Crippen LogP contribution >= 0.6 is 0 Å². The Labute approximate surface area is 103 Å². The second-order valence-corrected chi connectivity index (χ2v) is 4.01. The molecule has 1 aromatic heterocycles. The molecule has 2 aromatic carbocycles. The number of rotatable bonds is 2. The zero-order valence-corrected chi connectivity index (χ0v) is 9.46. The summed E-state index contributed by atoms with van der Waals surface area (Å²) in [5.74, 6) is -1.06. The summed E-state index contributed by atoms with van der Waals surface area (Å²) in [5.41, 5.74) is 1.85. The third-order valence-corrected chi connectivity index (χ3v) is 2.91. The average Bonchev–Trinajstić information content (AvgIpc) is 2.83. The lowest BCUT2D eigenvalue weighted by molar-refractivity contribution is 0.0665. The molecule has 0 spiro atoms. The molecule has 3 aromatic rings. The molecule has 18 heavy (non-hydrogen) atoms. The second kappa shape index (κ2) is 4.04. The quantitative estimate of drug-likeness (QED) is 0.738. The van der Waals surface area contributed by atoms with Gasteiger partial charge in [0.1, 0.15) is 0 Å². The summed E-state index contributed by atoms with van der Waals surface area (Å²) in [5, 5.41) is 10.6. The Bertz CT molecular complexity index is 711. The Morgan fingerprint density at radius 3 is 2.50 bits per heavy atom. The zero-order chi connectivity index (χ0) is 12.5. The van der Waals surface area contributed by atoms with Crippen LogP contribution in [-0.2, 0) is 0 Å². The van der Waals surface area contributed by atoms with Crippen LogP contribution in [0.15, 0.2) is 59.2 Å². The number of fused-ring (bicyclic) bond motifs is 1. The van der Waals surface area contributed by atoms with Crippen LogP contribution < -0.4 is 0 Å². The van der Waals surface area contributed by atoms with Gasteiger partial charge in [0.15, 0.2) is 0 Å². The van der Waals surface area contributed by atoms with Gasteiger partial charge in [-0.3, -0.25) is 0 Å². The predicted octanol–water partition coefficient (Wildman–Crippen LogP) is 3.80. The number of hydrogen-bond donors (Lipinski definition) is 1. The fraction of sp³-hybridized carbons (Fsp3) is 0. The van der Waals surface area contributed by atoms with Crippen LogP contribution in [0.3, 0.4) is 0 Å². The maximum absolute atomic E-state index is 11.2. The van der Waals surface area contributed by atoms with E-state index in [0.717, 1.165) is 16.5 Å². The minimum Gasteiger partial charge on any atom is -0.475 e. The van der Waals surface area contributed by atoms with E-state index in [9.17, 15) is 4.79 Å². The summed E-state index contributed by atoms with van der Waals surface area (Å²) in [6.07, 6.45) is 1.48. The summed E-state index contributed by atoms with van der Waals surface area (Å²) in [4.78, 5) is 11.2. The predicted molar refractivity (Wildman–Crippen MR) is 68.6 cm³/mol. The van der Waals surface area contributed by atoms with E-state index < -0.39 is 5.97 Å². The SMILES string of the molecule is O=C(O)c1occ2cccc(-c3ccccc3)c12. The molecule has 0 amide bonds. The highest BCUT2D eigenvalue weighted by Crippen LogP contribution is 2.32. The Balaban J connectivity index is 2.36. The molecule has 0 fully saturated rings. The van der Waals surface area contributed by atoms with Crippen LogP contribution in [0.4, 0.5) is 0 Å². The fourth-order valence-corrected chi connectivity index (χ4v) is 2.12. The maximum Gasteiger partial charge on any atom is 0.372 e. The van der Waals surface area contributed by atoms with Crippen molar-refractivity contribution in [1.29, 1.82) is 0 Å². The molecule has 0 atom stereocenters. The van der Waals surface area contributed by atoms with Crippen LogP contribution in [0.1, 0.15) is 10.6 Å². The molecular formula is C15H10O3. The van der Waals surface area contributed by atoms with Gasteiger partial charge in [0.2, 0.25) is 5.76 Å². The fourth-order valence-electron chi connectivity index (χ4n) is 2.12. The number of carboxylic acid groups (broad SMARTS) is 1. The smallest absolute Gasteiger partial charge is 0.372 e. The molecule has 0 saturated heterocycles. The van der Waals surface area contributed by atoms with Crippen molar-refractivity contribution in [2.75, 3.05) is 0 Å². The van der Waals surface area contributed by atoms with Crippen molar-refractivity contribution in [2.24, 2.45) is 0 Å². The number of carbonyl (C=O) groups is 1. The average molecular weight is 238 g/mol. The normalized spacial score (nSPS) is 10.7. The number of furan rings is 1. The Morgan fingerprint density at radius 1 is 1.00 bits per heavy atom. The van der Waals surface area contributed by atoms with Crippen molar-refractivity contribution in [3.05, 3.63) is 60.6 Å². The first-order chi connectivity index (χ1) is 8.77. The van der Waals surface area contributed by atoms with Crippen molar-refractivity contribution >= 4 is 16.7 Å². The highest BCUT2D eigenvalue weighted by molar-refractivity contribution is 6.08. The standard InChI is InChI=1S/C15H10O3/c16-15(17)14-13-11(9-18-14)7-4-8-12(13)10-5-2-1-3-6-10/h1-9H,(H,16,17). The Hall–Kier alpha value is -2.55. The van der Waals surface area contributed by atoms with E-state index in [4.69, 9.17) is 9.52 Å². The van der Waals surface area contributed by atoms with Gasteiger partial charge in [-0.25, -0.2) is 4.79 Å². The molecule has 3 nitrogen and oxygen atoms in total. The van der Waals surface area contributed by atoms with E-state index in [-0.39, 0.29) is 5.76 Å². The van der Waals surface area contributed by atoms with E-state index >= 15 is 0 Å². The largest absolute Gasteiger partial charge is 0.475 e. The van der Waals surface area contributed by atoms with Gasteiger partial charge in [-0.2, -0.15) is 0 Å².